The van der Waals surface area contributed by atoms with Gasteiger partial charge in [-0.05, 0) is 24.5 Å². The highest BCUT2D eigenvalue weighted by atomic mass is 32.1. The monoisotopic (exact) mass is 425 g/mol. The molecule has 0 unspecified atom stereocenters. The number of rotatable bonds is 9. The molecule has 0 aliphatic heterocycles. The number of aromatic nitrogens is 2. The lowest BCUT2D eigenvalue weighted by molar-refractivity contribution is 0.0478. The van der Waals surface area contributed by atoms with E-state index in [1.54, 1.807) is 7.05 Å². The summed E-state index contributed by atoms with van der Waals surface area (Å²) in [6.45, 7) is 0.459. The fraction of sp³-hybridized carbons (Fsp3) is 0.364. The van der Waals surface area contributed by atoms with E-state index in [2.05, 4.69) is 6.07 Å². The molecule has 8 heteroatoms. The minimum absolute atomic E-state index is 0.142. The van der Waals surface area contributed by atoms with Gasteiger partial charge in [0.05, 0.1) is 11.5 Å². The maximum atomic E-state index is 12.8. The lowest BCUT2D eigenvalue weighted by Gasteiger charge is -2.08. The van der Waals surface area contributed by atoms with E-state index in [0.717, 1.165) is 36.2 Å². The van der Waals surface area contributed by atoms with Crippen molar-refractivity contribution >= 4 is 27.5 Å². The zero-order valence-corrected chi connectivity index (χ0v) is 17.6. The number of nitriles is 1. The number of nitrogens with zero attached hydrogens (tertiary/aromatic N) is 3. The van der Waals surface area contributed by atoms with Crippen LogP contribution < -0.4 is 11.2 Å². The highest BCUT2D eigenvalue weighted by Gasteiger charge is 2.18. The molecule has 0 radical (unpaired) electrons. The first-order valence-electron chi connectivity index (χ1n) is 9.84. The summed E-state index contributed by atoms with van der Waals surface area (Å²) in [7, 11) is 1.60. The molecule has 0 saturated carbocycles. The molecule has 0 bridgehead atoms. The predicted molar refractivity (Wildman–Crippen MR) is 116 cm³/mol. The van der Waals surface area contributed by atoms with Crippen molar-refractivity contribution in [2.45, 2.75) is 45.3 Å². The fourth-order valence-electron chi connectivity index (χ4n) is 3.20. The molecule has 0 saturated heterocycles. The number of benzene rings is 1. The van der Waals surface area contributed by atoms with Crippen LogP contribution in [0.25, 0.3) is 10.2 Å². The van der Waals surface area contributed by atoms with Crippen molar-refractivity contribution < 1.29 is 9.53 Å². The largest absolute Gasteiger partial charge is 0.457 e. The highest BCUT2D eigenvalue weighted by molar-refractivity contribution is 7.20. The van der Waals surface area contributed by atoms with Gasteiger partial charge in [-0.3, -0.25) is 13.9 Å². The third-order valence-corrected chi connectivity index (χ3v) is 6.04. The van der Waals surface area contributed by atoms with Crippen molar-refractivity contribution in [1.82, 2.24) is 9.13 Å². The second-order valence-corrected chi connectivity index (χ2v) is 8.04. The molecule has 0 N–H and O–H groups in total. The number of aryl methyl sites for hydroxylation is 1. The molecule has 30 heavy (non-hydrogen) atoms. The summed E-state index contributed by atoms with van der Waals surface area (Å²) in [6, 6.07) is 13.0. The van der Waals surface area contributed by atoms with Crippen LogP contribution in [0, 0.1) is 11.3 Å². The molecule has 2 aromatic heterocycles. The van der Waals surface area contributed by atoms with E-state index in [1.807, 2.05) is 30.3 Å². The minimum atomic E-state index is -0.518. The Morgan fingerprint density at radius 2 is 1.87 bits per heavy atom. The predicted octanol–water partition coefficient (Wildman–Crippen LogP) is 3.59. The molecular weight excluding hydrogens is 402 g/mol. The third-order valence-electron chi connectivity index (χ3n) is 4.84. The van der Waals surface area contributed by atoms with E-state index in [-0.39, 0.29) is 12.2 Å². The number of hydrogen-bond donors (Lipinski definition) is 0. The van der Waals surface area contributed by atoms with Crippen LogP contribution in [0.5, 0.6) is 0 Å². The second-order valence-electron chi connectivity index (χ2n) is 7.01. The van der Waals surface area contributed by atoms with Gasteiger partial charge in [-0.1, -0.05) is 43.2 Å². The Hall–Kier alpha value is -3.18. The number of carbonyl (C=O) groups excluding carboxylic acids is 1. The highest BCUT2D eigenvalue weighted by Crippen LogP contribution is 2.23. The van der Waals surface area contributed by atoms with E-state index >= 15 is 0 Å². The summed E-state index contributed by atoms with van der Waals surface area (Å²) in [5.74, 6) is -0.518. The molecular formula is C22H23N3O4S. The van der Waals surface area contributed by atoms with Crippen LogP contribution in [0.15, 0.2) is 46.0 Å². The van der Waals surface area contributed by atoms with Crippen molar-refractivity contribution in [2.24, 2.45) is 7.05 Å². The number of hydrogen-bond acceptors (Lipinski definition) is 6. The Bertz CT molecular complexity index is 1190. The average molecular weight is 426 g/mol. The van der Waals surface area contributed by atoms with Crippen molar-refractivity contribution in [3.63, 3.8) is 0 Å². The van der Waals surface area contributed by atoms with Crippen molar-refractivity contribution in [1.29, 1.82) is 5.26 Å². The van der Waals surface area contributed by atoms with Gasteiger partial charge in [-0.15, -0.1) is 11.3 Å². The summed E-state index contributed by atoms with van der Waals surface area (Å²) < 4.78 is 7.98. The third kappa shape index (κ3) is 4.86. The Balaban J connectivity index is 1.76. The van der Waals surface area contributed by atoms with Gasteiger partial charge in [-0.25, -0.2) is 9.59 Å². The Labute approximate surface area is 177 Å². The summed E-state index contributed by atoms with van der Waals surface area (Å²) in [5, 5.41) is 8.91. The Morgan fingerprint density at radius 1 is 1.13 bits per heavy atom. The van der Waals surface area contributed by atoms with Crippen LogP contribution in [0.2, 0.25) is 0 Å². The molecule has 3 aromatic rings. The average Bonchev–Trinajstić information content (AvgIpc) is 3.22. The Morgan fingerprint density at radius 3 is 2.60 bits per heavy atom. The van der Waals surface area contributed by atoms with Crippen LogP contribution in [0.3, 0.4) is 0 Å². The van der Waals surface area contributed by atoms with E-state index < -0.39 is 11.7 Å². The van der Waals surface area contributed by atoms with Gasteiger partial charge in [0.2, 0.25) is 0 Å². The molecule has 3 rings (SSSR count). The van der Waals surface area contributed by atoms with E-state index in [1.165, 1.54) is 15.2 Å². The number of ether oxygens (including phenoxy) is 1. The van der Waals surface area contributed by atoms with Crippen molar-refractivity contribution in [3.05, 3.63) is 67.7 Å². The maximum absolute atomic E-state index is 12.8. The van der Waals surface area contributed by atoms with Gasteiger partial charge in [0, 0.05) is 20.0 Å². The number of carbonyl (C=O) groups is 1. The molecule has 0 aliphatic carbocycles. The smallest absolute Gasteiger partial charge is 0.348 e. The zero-order chi connectivity index (χ0) is 21.5. The van der Waals surface area contributed by atoms with Crippen molar-refractivity contribution in [3.8, 4) is 6.07 Å². The molecule has 156 valence electrons. The van der Waals surface area contributed by atoms with Gasteiger partial charge in [0.1, 0.15) is 16.3 Å². The number of unbranched alkanes of at least 4 members (excludes halogenated alkanes) is 4. The van der Waals surface area contributed by atoms with Gasteiger partial charge in [-0.2, -0.15) is 5.26 Å². The molecule has 0 atom stereocenters. The molecule has 0 aliphatic rings. The molecule has 2 heterocycles. The van der Waals surface area contributed by atoms with Gasteiger partial charge >= 0.3 is 11.7 Å². The summed E-state index contributed by atoms with van der Waals surface area (Å²) in [5.41, 5.74) is 0.0931. The standard InChI is InChI=1S/C22H23N3O4S/c1-24-20-17(19(26)25(22(24)28)13-9-4-2-3-8-12-23)14-18(30-20)21(27)29-15-16-10-6-5-7-11-16/h5-7,10-11,14H,2-4,8-9,13,15H2,1H3. The topological polar surface area (TPSA) is 94.1 Å². The van der Waals surface area contributed by atoms with Crippen LogP contribution >= 0.6 is 11.3 Å². The Kier molecular flexibility index (Phi) is 7.20. The first-order valence-corrected chi connectivity index (χ1v) is 10.7. The number of thiophene rings is 1. The number of fused-ring (bicyclic) bond motifs is 1. The van der Waals surface area contributed by atoms with Crippen LogP contribution in [0.4, 0.5) is 0 Å². The van der Waals surface area contributed by atoms with Crippen molar-refractivity contribution in [2.75, 3.05) is 0 Å². The SMILES string of the molecule is Cn1c(=O)n(CCCCCCC#N)c(=O)c2cc(C(=O)OCc3ccccc3)sc21. The van der Waals surface area contributed by atoms with E-state index in [0.29, 0.717) is 34.5 Å². The lowest BCUT2D eigenvalue weighted by atomic mass is 10.1. The minimum Gasteiger partial charge on any atom is -0.457 e. The van der Waals surface area contributed by atoms with Crippen LogP contribution in [-0.4, -0.2) is 15.1 Å². The molecule has 0 amide bonds. The first-order chi connectivity index (χ1) is 14.5. The quantitative estimate of drug-likeness (QED) is 0.386. The molecule has 0 spiro atoms. The van der Waals surface area contributed by atoms with Gasteiger partial charge in [0.25, 0.3) is 5.56 Å². The van der Waals surface area contributed by atoms with E-state index in [4.69, 9.17) is 10.00 Å². The molecule has 0 fully saturated rings. The van der Waals surface area contributed by atoms with Crippen LogP contribution in [-0.2, 0) is 24.9 Å². The zero-order valence-electron chi connectivity index (χ0n) is 16.8. The van der Waals surface area contributed by atoms with Gasteiger partial charge in [0.15, 0.2) is 0 Å². The lowest BCUT2D eigenvalue weighted by Crippen LogP contribution is -2.38. The maximum Gasteiger partial charge on any atom is 0.348 e. The normalized spacial score (nSPS) is 10.8. The molecule has 1 aromatic carbocycles. The number of esters is 1. The van der Waals surface area contributed by atoms with Gasteiger partial charge < -0.3 is 4.74 Å². The summed E-state index contributed by atoms with van der Waals surface area (Å²) in [4.78, 5) is 38.7. The summed E-state index contributed by atoms with van der Waals surface area (Å²) in [6.07, 6.45) is 3.76. The fourth-order valence-corrected chi connectivity index (χ4v) is 4.20. The first kappa shape index (κ1) is 21.5. The molecule has 7 nitrogen and oxygen atoms in total. The second kappa shape index (κ2) is 10.0. The van der Waals surface area contributed by atoms with Crippen LogP contribution in [0.1, 0.15) is 47.3 Å². The summed E-state index contributed by atoms with van der Waals surface area (Å²) >= 11 is 1.09. The van der Waals surface area contributed by atoms with E-state index in [9.17, 15) is 14.4 Å².